The second-order valence-electron chi connectivity index (χ2n) is 6.62. The van der Waals surface area contributed by atoms with Gasteiger partial charge in [0.25, 0.3) is 5.91 Å². The van der Waals surface area contributed by atoms with Crippen molar-refractivity contribution in [2.24, 2.45) is 0 Å². The van der Waals surface area contributed by atoms with E-state index in [1.807, 2.05) is 0 Å². The van der Waals surface area contributed by atoms with E-state index in [-0.39, 0.29) is 24.8 Å². The van der Waals surface area contributed by atoms with Crippen LogP contribution in [0.2, 0.25) is 10.0 Å². The lowest BCUT2D eigenvalue weighted by Gasteiger charge is -2.09. The number of aromatic nitrogens is 4. The predicted molar refractivity (Wildman–Crippen MR) is 123 cm³/mol. The van der Waals surface area contributed by atoms with Crippen LogP contribution >= 0.6 is 39.1 Å². The minimum Gasteiger partial charge on any atom is -0.471 e. The average Bonchev–Trinajstić information content (AvgIpc) is 3.37. The lowest BCUT2D eigenvalue weighted by atomic mass is 10.2. The van der Waals surface area contributed by atoms with Crippen molar-refractivity contribution in [2.75, 3.05) is 5.32 Å². The molecule has 32 heavy (non-hydrogen) atoms. The maximum atomic E-state index is 14.1. The summed E-state index contributed by atoms with van der Waals surface area (Å²) in [5.41, 5.74) is 0.581. The van der Waals surface area contributed by atoms with Gasteiger partial charge in [0.05, 0.1) is 11.0 Å². The molecule has 4 rings (SSSR count). The van der Waals surface area contributed by atoms with E-state index in [1.165, 1.54) is 27.7 Å². The molecule has 0 fully saturated rings. The number of nitrogens with zero attached hydrogens (tertiary/aromatic N) is 4. The molecule has 1 amide bonds. The third kappa shape index (κ3) is 5.12. The van der Waals surface area contributed by atoms with Crippen molar-refractivity contribution in [1.29, 1.82) is 0 Å². The summed E-state index contributed by atoms with van der Waals surface area (Å²) in [5.74, 6) is -0.00485. The van der Waals surface area contributed by atoms with Crippen LogP contribution in [0.1, 0.15) is 16.1 Å². The molecule has 1 N–H and O–H groups in total. The van der Waals surface area contributed by atoms with Crippen LogP contribution in [-0.2, 0) is 13.3 Å². The Balaban J connectivity index is 1.45. The monoisotopic (exact) mass is 537 g/mol. The third-order valence-corrected chi connectivity index (χ3v) is 5.63. The molecule has 0 aliphatic rings. The normalized spacial score (nSPS) is 10.9. The summed E-state index contributed by atoms with van der Waals surface area (Å²) in [4.78, 5) is 12.8. The van der Waals surface area contributed by atoms with Crippen LogP contribution in [0.25, 0.3) is 0 Å². The summed E-state index contributed by atoms with van der Waals surface area (Å²) < 4.78 is 23.1. The summed E-state index contributed by atoms with van der Waals surface area (Å²) in [5, 5.41) is 12.0. The van der Waals surface area contributed by atoms with Gasteiger partial charge in [-0.1, -0.05) is 29.3 Å². The Hall–Kier alpha value is -2.88. The fourth-order valence-corrected chi connectivity index (χ4v) is 3.64. The maximum absolute atomic E-state index is 14.1. The van der Waals surface area contributed by atoms with Crippen molar-refractivity contribution in [3.8, 4) is 5.75 Å². The van der Waals surface area contributed by atoms with E-state index in [2.05, 4.69) is 31.4 Å². The summed E-state index contributed by atoms with van der Waals surface area (Å²) >= 11 is 15.3. The van der Waals surface area contributed by atoms with E-state index in [4.69, 9.17) is 27.9 Å². The quantitative estimate of drug-likeness (QED) is 0.331. The first kappa shape index (κ1) is 22.3. The molecule has 0 bridgehead atoms. The van der Waals surface area contributed by atoms with Crippen molar-refractivity contribution in [3.05, 3.63) is 92.5 Å². The van der Waals surface area contributed by atoms with E-state index < -0.39 is 11.7 Å². The topological polar surface area (TPSA) is 74.0 Å². The molecular formula is C21H15BrCl2FN5O2. The van der Waals surface area contributed by atoms with Gasteiger partial charge in [0.2, 0.25) is 0 Å². The number of carbonyl (C=O) groups excluding carboxylic acids is 1. The number of benzene rings is 2. The largest absolute Gasteiger partial charge is 0.471 e. The van der Waals surface area contributed by atoms with Crippen LogP contribution in [0.3, 0.4) is 0 Å². The smallest absolute Gasteiger partial charge is 0.275 e. The van der Waals surface area contributed by atoms with Gasteiger partial charge < -0.3 is 10.1 Å². The van der Waals surface area contributed by atoms with Crippen LogP contribution in [0.15, 0.2) is 65.4 Å². The molecule has 0 atom stereocenters. The van der Waals surface area contributed by atoms with Crippen LogP contribution in [0, 0.1) is 5.82 Å². The number of halogens is 4. The molecule has 164 valence electrons. The minimum absolute atomic E-state index is 0.0266. The van der Waals surface area contributed by atoms with Crippen molar-refractivity contribution in [1.82, 2.24) is 19.6 Å². The van der Waals surface area contributed by atoms with E-state index in [0.29, 0.717) is 25.8 Å². The van der Waals surface area contributed by atoms with Gasteiger partial charge in [0.15, 0.2) is 12.5 Å². The molecule has 0 unspecified atom stereocenters. The fraction of sp³-hybridized carbons (Fsp3) is 0.0952. The lowest BCUT2D eigenvalue weighted by Crippen LogP contribution is -2.20. The van der Waals surface area contributed by atoms with Gasteiger partial charge in [-0.3, -0.25) is 9.48 Å². The SMILES string of the molecule is O=C(Nc1nn(Cc2c(F)cccc2Cl)cc1Br)c1ccnn1COc1ccc(Cl)cc1. The Bertz CT molecular complexity index is 1240. The summed E-state index contributed by atoms with van der Waals surface area (Å²) in [7, 11) is 0. The number of nitrogens with one attached hydrogen (secondary N) is 1. The van der Waals surface area contributed by atoms with Crippen LogP contribution in [-0.4, -0.2) is 25.5 Å². The van der Waals surface area contributed by atoms with E-state index in [1.54, 1.807) is 42.6 Å². The predicted octanol–water partition coefficient (Wildman–Crippen LogP) is 5.63. The van der Waals surface area contributed by atoms with Crippen LogP contribution < -0.4 is 10.1 Å². The number of carbonyl (C=O) groups is 1. The average molecular weight is 539 g/mol. The van der Waals surface area contributed by atoms with Crippen LogP contribution in [0.5, 0.6) is 5.75 Å². The zero-order valence-corrected chi connectivity index (χ0v) is 19.4. The number of ether oxygens (including phenoxy) is 1. The molecular weight excluding hydrogens is 524 g/mol. The highest BCUT2D eigenvalue weighted by molar-refractivity contribution is 9.10. The third-order valence-electron chi connectivity index (χ3n) is 4.45. The Morgan fingerprint density at radius 2 is 1.94 bits per heavy atom. The number of amides is 1. The van der Waals surface area contributed by atoms with Gasteiger partial charge in [0.1, 0.15) is 17.3 Å². The van der Waals surface area contributed by atoms with Gasteiger partial charge >= 0.3 is 0 Å². The van der Waals surface area contributed by atoms with Gasteiger partial charge in [0, 0.05) is 28.0 Å². The lowest BCUT2D eigenvalue weighted by molar-refractivity contribution is 0.100. The first-order valence-corrected chi connectivity index (χ1v) is 10.8. The molecule has 7 nitrogen and oxygen atoms in total. The summed E-state index contributed by atoms with van der Waals surface area (Å²) in [6.45, 7) is 0.131. The molecule has 0 saturated heterocycles. The molecule has 4 aromatic rings. The molecule has 2 heterocycles. The van der Waals surface area contributed by atoms with Crippen molar-refractivity contribution in [2.45, 2.75) is 13.3 Å². The van der Waals surface area contributed by atoms with E-state index in [0.717, 1.165) is 0 Å². The van der Waals surface area contributed by atoms with Gasteiger partial charge in [-0.2, -0.15) is 10.2 Å². The Morgan fingerprint density at radius 1 is 1.16 bits per heavy atom. The number of hydrogen-bond donors (Lipinski definition) is 1. The number of hydrogen-bond acceptors (Lipinski definition) is 4. The van der Waals surface area contributed by atoms with Gasteiger partial charge in [-0.25, -0.2) is 9.07 Å². The van der Waals surface area contributed by atoms with Crippen molar-refractivity contribution < 1.29 is 13.9 Å². The minimum atomic E-state index is -0.433. The Labute approximate surface area is 200 Å². The zero-order valence-electron chi connectivity index (χ0n) is 16.3. The molecule has 11 heteroatoms. The summed E-state index contributed by atoms with van der Waals surface area (Å²) in [6, 6.07) is 12.9. The molecule has 0 radical (unpaired) electrons. The standard InChI is InChI=1S/C21H15BrCl2FN5O2/c22-16-11-29(10-15-17(24)2-1-3-18(15)25)28-20(16)27-21(31)19-8-9-26-30(19)12-32-14-6-4-13(23)5-7-14/h1-9,11H,10,12H2,(H,27,28,31). The summed E-state index contributed by atoms with van der Waals surface area (Å²) in [6.07, 6.45) is 3.12. The highest BCUT2D eigenvalue weighted by Gasteiger charge is 2.17. The second kappa shape index (κ2) is 9.72. The Kier molecular flexibility index (Phi) is 6.78. The number of rotatable bonds is 7. The number of anilines is 1. The first-order valence-electron chi connectivity index (χ1n) is 9.28. The highest BCUT2D eigenvalue weighted by Crippen LogP contribution is 2.24. The molecule has 0 saturated carbocycles. The fourth-order valence-electron chi connectivity index (χ4n) is 2.87. The molecule has 0 aliphatic heterocycles. The van der Waals surface area contributed by atoms with Gasteiger partial charge in [-0.15, -0.1) is 0 Å². The second-order valence-corrected chi connectivity index (χ2v) is 8.32. The van der Waals surface area contributed by atoms with Crippen LogP contribution in [0.4, 0.5) is 10.2 Å². The first-order chi connectivity index (χ1) is 15.4. The highest BCUT2D eigenvalue weighted by atomic mass is 79.9. The van der Waals surface area contributed by atoms with Gasteiger partial charge in [-0.05, 0) is 58.4 Å². The molecule has 0 aliphatic carbocycles. The zero-order chi connectivity index (χ0) is 22.7. The molecule has 0 spiro atoms. The molecule has 2 aromatic carbocycles. The van der Waals surface area contributed by atoms with Crippen molar-refractivity contribution >= 4 is 50.9 Å². The molecule has 2 aromatic heterocycles. The maximum Gasteiger partial charge on any atom is 0.275 e. The van der Waals surface area contributed by atoms with E-state index >= 15 is 0 Å². The Morgan fingerprint density at radius 3 is 2.69 bits per heavy atom. The van der Waals surface area contributed by atoms with E-state index in [9.17, 15) is 9.18 Å². The van der Waals surface area contributed by atoms with Crippen molar-refractivity contribution in [3.63, 3.8) is 0 Å².